The lowest BCUT2D eigenvalue weighted by molar-refractivity contribution is -0.140. The van der Waals surface area contributed by atoms with Gasteiger partial charge in [0.2, 0.25) is 0 Å². The van der Waals surface area contributed by atoms with Gasteiger partial charge in [0.15, 0.2) is 0 Å². The number of amides is 1. The third-order valence-electron chi connectivity index (χ3n) is 6.17. The van der Waals surface area contributed by atoms with E-state index in [0.29, 0.717) is 11.3 Å². The first-order valence-corrected chi connectivity index (χ1v) is 11.3. The number of nitrogens with zero attached hydrogens (tertiary/aromatic N) is 2. The number of rotatable bonds is 6. The highest BCUT2D eigenvalue weighted by molar-refractivity contribution is 6.46. The van der Waals surface area contributed by atoms with Crippen LogP contribution in [-0.2, 0) is 16.1 Å². The van der Waals surface area contributed by atoms with E-state index in [2.05, 4.69) is 4.98 Å². The normalized spacial score (nSPS) is 17.4. The van der Waals surface area contributed by atoms with Crippen LogP contribution in [0.4, 0.5) is 0 Å². The van der Waals surface area contributed by atoms with Crippen molar-refractivity contribution in [2.75, 3.05) is 7.11 Å². The molecule has 4 rings (SSSR count). The molecule has 2 heterocycles. The Morgan fingerprint density at radius 3 is 2.41 bits per heavy atom. The fourth-order valence-electron chi connectivity index (χ4n) is 4.42. The van der Waals surface area contributed by atoms with Crippen LogP contribution < -0.4 is 4.74 Å². The molecule has 1 aliphatic rings. The lowest BCUT2D eigenvalue weighted by atomic mass is 9.91. The molecule has 1 N–H and O–H groups in total. The van der Waals surface area contributed by atoms with E-state index in [1.54, 1.807) is 19.4 Å². The van der Waals surface area contributed by atoms with Gasteiger partial charge in [0.25, 0.3) is 11.7 Å². The third kappa shape index (κ3) is 4.19. The topological polar surface area (TPSA) is 79.7 Å². The molecule has 1 atom stereocenters. The predicted octanol–water partition coefficient (Wildman–Crippen LogP) is 5.14. The van der Waals surface area contributed by atoms with Crippen molar-refractivity contribution in [1.29, 1.82) is 0 Å². The van der Waals surface area contributed by atoms with Gasteiger partial charge in [0.05, 0.1) is 31.0 Å². The molecule has 1 fully saturated rings. The number of ether oxygens (including phenoxy) is 1. The maximum atomic E-state index is 13.3. The summed E-state index contributed by atoms with van der Waals surface area (Å²) in [7, 11) is 1.61. The van der Waals surface area contributed by atoms with Crippen molar-refractivity contribution < 1.29 is 19.4 Å². The predicted molar refractivity (Wildman–Crippen MR) is 130 cm³/mol. The minimum Gasteiger partial charge on any atom is -0.507 e. The molecule has 1 unspecified atom stereocenters. The van der Waals surface area contributed by atoms with Crippen LogP contribution in [0.1, 0.15) is 53.8 Å². The average Bonchev–Trinajstić information content (AvgIpc) is 3.09. The molecule has 1 amide bonds. The Bertz CT molecular complexity index is 1250. The molecule has 0 radical (unpaired) electrons. The van der Waals surface area contributed by atoms with Gasteiger partial charge in [-0.3, -0.25) is 14.6 Å². The van der Waals surface area contributed by atoms with Gasteiger partial charge in [0, 0.05) is 11.8 Å². The molecular formula is C28H28N2O4. The van der Waals surface area contributed by atoms with Crippen molar-refractivity contribution in [3.8, 4) is 5.75 Å². The first-order valence-electron chi connectivity index (χ1n) is 11.3. The highest BCUT2D eigenvalue weighted by Gasteiger charge is 2.46. The molecule has 1 aliphatic heterocycles. The molecule has 1 aromatic heterocycles. The molecule has 0 bridgehead atoms. The number of aromatic nitrogens is 1. The van der Waals surface area contributed by atoms with Crippen molar-refractivity contribution >= 4 is 17.4 Å². The van der Waals surface area contributed by atoms with Crippen LogP contribution >= 0.6 is 0 Å². The van der Waals surface area contributed by atoms with E-state index in [1.807, 2.05) is 75.4 Å². The highest BCUT2D eigenvalue weighted by atomic mass is 16.5. The summed E-state index contributed by atoms with van der Waals surface area (Å²) in [5.41, 5.74) is 3.66. The van der Waals surface area contributed by atoms with Crippen LogP contribution in [0.3, 0.4) is 0 Å². The van der Waals surface area contributed by atoms with Crippen LogP contribution in [0.2, 0.25) is 0 Å². The average molecular weight is 457 g/mol. The van der Waals surface area contributed by atoms with Crippen LogP contribution in [0, 0.1) is 6.92 Å². The van der Waals surface area contributed by atoms with Crippen LogP contribution in [0.5, 0.6) is 5.75 Å². The Balaban J connectivity index is 1.90. The SMILES string of the molecule is COc1cc(C)c(/C(O)=C2\C(=O)C(=O)N(Cc3ccccn3)C2c2ccccc2)cc1C(C)C. The van der Waals surface area contributed by atoms with Crippen molar-refractivity contribution in [2.45, 2.75) is 39.3 Å². The zero-order valence-electron chi connectivity index (χ0n) is 19.8. The lowest BCUT2D eigenvalue weighted by Crippen LogP contribution is -2.29. The number of benzene rings is 2. The fourth-order valence-corrected chi connectivity index (χ4v) is 4.42. The molecule has 6 heteroatoms. The number of hydrogen-bond acceptors (Lipinski definition) is 5. The largest absolute Gasteiger partial charge is 0.507 e. The molecule has 2 aromatic carbocycles. The number of methoxy groups -OCH3 is 1. The Hall–Kier alpha value is -3.93. The third-order valence-corrected chi connectivity index (χ3v) is 6.17. The molecule has 174 valence electrons. The van der Waals surface area contributed by atoms with E-state index in [4.69, 9.17) is 4.74 Å². The fraction of sp³-hybridized carbons (Fsp3) is 0.250. The van der Waals surface area contributed by atoms with Gasteiger partial charge in [-0.25, -0.2) is 0 Å². The van der Waals surface area contributed by atoms with Gasteiger partial charge in [-0.1, -0.05) is 50.2 Å². The molecule has 6 nitrogen and oxygen atoms in total. The van der Waals surface area contributed by atoms with E-state index in [-0.39, 0.29) is 23.8 Å². The van der Waals surface area contributed by atoms with Crippen molar-refractivity contribution in [3.63, 3.8) is 0 Å². The molecular weight excluding hydrogens is 428 g/mol. The van der Waals surface area contributed by atoms with Gasteiger partial charge in [0.1, 0.15) is 11.5 Å². The van der Waals surface area contributed by atoms with Gasteiger partial charge in [-0.2, -0.15) is 0 Å². The molecule has 0 aliphatic carbocycles. The number of likely N-dealkylation sites (tertiary alicyclic amines) is 1. The van der Waals surface area contributed by atoms with E-state index in [9.17, 15) is 14.7 Å². The number of hydrogen-bond donors (Lipinski definition) is 1. The van der Waals surface area contributed by atoms with Crippen LogP contribution in [0.25, 0.3) is 5.76 Å². The number of aliphatic hydroxyl groups is 1. The number of aryl methyl sites for hydroxylation is 1. The smallest absolute Gasteiger partial charge is 0.296 e. The van der Waals surface area contributed by atoms with Gasteiger partial charge >= 0.3 is 0 Å². The number of ketones is 1. The van der Waals surface area contributed by atoms with Crippen molar-refractivity contribution in [2.24, 2.45) is 0 Å². The second-order valence-corrected chi connectivity index (χ2v) is 8.72. The Morgan fingerprint density at radius 1 is 1.09 bits per heavy atom. The van der Waals surface area contributed by atoms with Gasteiger partial charge in [-0.15, -0.1) is 0 Å². The zero-order valence-corrected chi connectivity index (χ0v) is 19.8. The molecule has 0 spiro atoms. The summed E-state index contributed by atoms with van der Waals surface area (Å²) in [4.78, 5) is 32.3. The van der Waals surface area contributed by atoms with Crippen molar-refractivity contribution in [3.05, 3.63) is 100 Å². The monoisotopic (exact) mass is 456 g/mol. The van der Waals surface area contributed by atoms with Gasteiger partial charge in [-0.05, 0) is 53.8 Å². The Morgan fingerprint density at radius 2 is 1.79 bits per heavy atom. The molecule has 0 saturated carbocycles. The minimum atomic E-state index is -0.729. The Labute approximate surface area is 199 Å². The summed E-state index contributed by atoms with van der Waals surface area (Å²) < 4.78 is 5.53. The summed E-state index contributed by atoms with van der Waals surface area (Å²) in [5, 5.41) is 11.5. The maximum Gasteiger partial charge on any atom is 0.296 e. The van der Waals surface area contributed by atoms with Crippen LogP contribution in [0.15, 0.2) is 72.4 Å². The number of Topliss-reactive ketones (excluding diaryl/α,β-unsaturated/α-hetero) is 1. The van der Waals surface area contributed by atoms with Crippen molar-refractivity contribution in [1.82, 2.24) is 9.88 Å². The second kappa shape index (κ2) is 9.51. The number of aliphatic hydroxyl groups excluding tert-OH is 1. The number of carbonyl (C=O) groups excluding carboxylic acids is 2. The Kier molecular flexibility index (Phi) is 6.50. The van der Waals surface area contributed by atoms with E-state index >= 15 is 0 Å². The van der Waals surface area contributed by atoms with E-state index in [1.165, 1.54) is 4.90 Å². The lowest BCUT2D eigenvalue weighted by Gasteiger charge is -2.25. The zero-order chi connectivity index (χ0) is 24.4. The summed E-state index contributed by atoms with van der Waals surface area (Å²) in [6, 6.07) is 17.7. The number of carbonyl (C=O) groups is 2. The standard InChI is InChI=1S/C28H28N2O4/c1-17(2)21-15-22(18(3)14-23(21)34-4)26(31)24-25(19-10-6-5-7-11-19)30(28(33)27(24)32)16-20-12-8-9-13-29-20/h5-15,17,25,31H,16H2,1-4H3/b26-24+. The van der Waals surface area contributed by atoms with E-state index in [0.717, 1.165) is 22.4 Å². The molecule has 34 heavy (non-hydrogen) atoms. The van der Waals surface area contributed by atoms with Gasteiger partial charge < -0.3 is 14.7 Å². The summed E-state index contributed by atoms with van der Waals surface area (Å²) in [5.74, 6) is -0.685. The summed E-state index contributed by atoms with van der Waals surface area (Å²) in [6.07, 6.45) is 1.65. The summed E-state index contributed by atoms with van der Waals surface area (Å²) in [6.45, 7) is 6.07. The first kappa shape index (κ1) is 23.2. The minimum absolute atomic E-state index is 0.0788. The molecule has 1 saturated heterocycles. The quantitative estimate of drug-likeness (QED) is 0.315. The summed E-state index contributed by atoms with van der Waals surface area (Å²) >= 11 is 0. The van der Waals surface area contributed by atoms with Crippen LogP contribution in [-0.4, -0.2) is 33.8 Å². The first-order chi connectivity index (χ1) is 16.3. The second-order valence-electron chi connectivity index (χ2n) is 8.72. The van der Waals surface area contributed by atoms with E-state index < -0.39 is 17.7 Å². The highest BCUT2D eigenvalue weighted by Crippen LogP contribution is 2.41. The maximum absolute atomic E-state index is 13.3. The molecule has 3 aromatic rings. The number of pyridine rings is 1.